The Morgan fingerprint density at radius 1 is 1.32 bits per heavy atom. The number of rotatable bonds is 5. The Kier molecular flexibility index (Phi) is 4.81. The molecule has 2 aromatic heterocycles. The van der Waals surface area contributed by atoms with E-state index in [1.807, 2.05) is 18.2 Å². The van der Waals surface area contributed by atoms with Gasteiger partial charge in [-0.3, -0.25) is 14.7 Å². The Morgan fingerprint density at radius 2 is 2.28 bits per heavy atom. The Labute approximate surface area is 147 Å². The third kappa shape index (κ3) is 3.75. The number of piperidine rings is 1. The maximum absolute atomic E-state index is 12.8. The van der Waals surface area contributed by atoms with Crippen molar-refractivity contribution in [2.75, 3.05) is 19.7 Å². The number of carbonyl (C=O) groups is 1. The van der Waals surface area contributed by atoms with Gasteiger partial charge in [-0.25, -0.2) is 0 Å². The van der Waals surface area contributed by atoms with Gasteiger partial charge in [-0.2, -0.15) is 0 Å². The molecule has 0 aromatic carbocycles. The summed E-state index contributed by atoms with van der Waals surface area (Å²) in [4.78, 5) is 19.2. The summed E-state index contributed by atoms with van der Waals surface area (Å²) in [6.45, 7) is 3.69. The molecule has 0 bridgehead atoms. The van der Waals surface area contributed by atoms with Crippen LogP contribution >= 0.6 is 0 Å². The summed E-state index contributed by atoms with van der Waals surface area (Å²) in [5.41, 5.74) is 2.15. The van der Waals surface area contributed by atoms with E-state index in [1.165, 1.54) is 0 Å². The second-order valence-electron chi connectivity index (χ2n) is 6.87. The molecule has 2 aromatic rings. The van der Waals surface area contributed by atoms with Crippen molar-refractivity contribution < 1.29 is 13.9 Å². The maximum Gasteiger partial charge on any atom is 0.225 e. The van der Waals surface area contributed by atoms with E-state index in [0.717, 1.165) is 43.8 Å². The van der Waals surface area contributed by atoms with E-state index in [2.05, 4.69) is 15.2 Å². The van der Waals surface area contributed by atoms with E-state index in [-0.39, 0.29) is 17.9 Å². The van der Waals surface area contributed by atoms with Crippen molar-refractivity contribution in [1.29, 1.82) is 0 Å². The third-order valence-corrected chi connectivity index (χ3v) is 5.18. The molecule has 2 saturated heterocycles. The van der Waals surface area contributed by atoms with E-state index < -0.39 is 0 Å². The molecule has 2 fully saturated rings. The number of hydrogen-bond acceptors (Lipinski definition) is 5. The lowest BCUT2D eigenvalue weighted by atomic mass is 9.82. The molecular formula is C19H23N3O3. The van der Waals surface area contributed by atoms with Crippen LogP contribution in [0.15, 0.2) is 47.5 Å². The largest absolute Gasteiger partial charge is 0.472 e. The predicted molar refractivity (Wildman–Crippen MR) is 91.4 cm³/mol. The normalized spacial score (nSPS) is 26.3. The fraction of sp³-hybridized carbons (Fsp3) is 0.474. The highest BCUT2D eigenvalue weighted by Crippen LogP contribution is 2.34. The van der Waals surface area contributed by atoms with Crippen LogP contribution in [0.5, 0.6) is 0 Å². The quantitative estimate of drug-likeness (QED) is 0.899. The summed E-state index contributed by atoms with van der Waals surface area (Å²) in [5.74, 6) is 0.389. The number of carbonyl (C=O) groups excluding carboxylic acids is 1. The number of nitrogens with one attached hydrogen (secondary N) is 1. The lowest BCUT2D eigenvalue weighted by Crippen LogP contribution is -2.52. The van der Waals surface area contributed by atoms with Gasteiger partial charge in [-0.1, -0.05) is 6.07 Å². The number of pyridine rings is 1. The van der Waals surface area contributed by atoms with Crippen molar-refractivity contribution in [3.05, 3.63) is 54.2 Å². The Bertz CT molecular complexity index is 689. The van der Waals surface area contributed by atoms with Crippen LogP contribution < -0.4 is 5.32 Å². The minimum absolute atomic E-state index is 0.0372. The SMILES string of the molecule is O=C(NCc1cccnc1)[C@@H]1CN(Cc2ccoc2)C[C@H]2OCC[C@H]21. The van der Waals surface area contributed by atoms with E-state index in [4.69, 9.17) is 9.15 Å². The lowest BCUT2D eigenvalue weighted by Gasteiger charge is -2.39. The van der Waals surface area contributed by atoms with Crippen LogP contribution in [0, 0.1) is 11.8 Å². The molecule has 0 aliphatic carbocycles. The Morgan fingerprint density at radius 3 is 3.08 bits per heavy atom. The van der Waals surface area contributed by atoms with Crippen LogP contribution in [0.25, 0.3) is 0 Å². The fourth-order valence-corrected chi connectivity index (χ4v) is 3.93. The number of nitrogens with zero attached hydrogens (tertiary/aromatic N) is 2. The summed E-state index contributed by atoms with van der Waals surface area (Å²) in [6, 6.07) is 5.83. The third-order valence-electron chi connectivity index (χ3n) is 5.18. The number of ether oxygens (including phenoxy) is 1. The maximum atomic E-state index is 12.8. The molecule has 0 unspecified atom stereocenters. The molecule has 0 saturated carbocycles. The van der Waals surface area contributed by atoms with Gasteiger partial charge in [0.1, 0.15) is 0 Å². The van der Waals surface area contributed by atoms with E-state index in [1.54, 1.807) is 24.9 Å². The first-order valence-corrected chi connectivity index (χ1v) is 8.81. The summed E-state index contributed by atoms with van der Waals surface area (Å²) in [6.07, 6.45) is 8.09. The van der Waals surface area contributed by atoms with Gasteiger partial charge < -0.3 is 14.5 Å². The van der Waals surface area contributed by atoms with Gasteiger partial charge in [0, 0.05) is 56.7 Å². The molecule has 0 spiro atoms. The second kappa shape index (κ2) is 7.37. The zero-order valence-electron chi connectivity index (χ0n) is 14.1. The monoisotopic (exact) mass is 341 g/mol. The van der Waals surface area contributed by atoms with Gasteiger partial charge in [-0.05, 0) is 24.1 Å². The average Bonchev–Trinajstić information content (AvgIpc) is 3.31. The first-order chi connectivity index (χ1) is 12.3. The van der Waals surface area contributed by atoms with Gasteiger partial charge in [0.2, 0.25) is 5.91 Å². The molecule has 6 nitrogen and oxygen atoms in total. The molecule has 1 N–H and O–H groups in total. The lowest BCUT2D eigenvalue weighted by molar-refractivity contribution is -0.131. The smallest absolute Gasteiger partial charge is 0.225 e. The van der Waals surface area contributed by atoms with Crippen LogP contribution in [-0.2, 0) is 22.6 Å². The van der Waals surface area contributed by atoms with Crippen LogP contribution in [0.4, 0.5) is 0 Å². The molecule has 25 heavy (non-hydrogen) atoms. The predicted octanol–water partition coefficient (Wildman–Crippen LogP) is 1.83. The molecule has 3 atom stereocenters. The minimum atomic E-state index is -0.0372. The Hall–Kier alpha value is -2.18. The van der Waals surface area contributed by atoms with Crippen molar-refractivity contribution in [1.82, 2.24) is 15.2 Å². The molecular weight excluding hydrogens is 318 g/mol. The summed E-state index contributed by atoms with van der Waals surface area (Å²) in [7, 11) is 0. The molecule has 4 heterocycles. The summed E-state index contributed by atoms with van der Waals surface area (Å²) < 4.78 is 11.1. The van der Waals surface area contributed by atoms with E-state index in [0.29, 0.717) is 12.5 Å². The number of likely N-dealkylation sites (tertiary alicyclic amines) is 1. The second-order valence-corrected chi connectivity index (χ2v) is 6.87. The van der Waals surface area contributed by atoms with Crippen LogP contribution in [-0.4, -0.2) is 41.6 Å². The highest BCUT2D eigenvalue weighted by molar-refractivity contribution is 5.79. The molecule has 132 valence electrons. The van der Waals surface area contributed by atoms with E-state index in [9.17, 15) is 4.79 Å². The standard InChI is InChI=1S/C19H23N3O3/c23-19(21-9-14-2-1-5-20-8-14)17-11-22(10-15-3-6-24-13-15)12-18-16(17)4-7-25-18/h1-3,5-6,8,13,16-18H,4,7,9-12H2,(H,21,23)/t16-,17+,18+/m0/s1. The van der Waals surface area contributed by atoms with Gasteiger partial charge in [0.15, 0.2) is 0 Å². The highest BCUT2D eigenvalue weighted by Gasteiger charge is 2.43. The number of fused-ring (bicyclic) bond motifs is 1. The van der Waals surface area contributed by atoms with Crippen molar-refractivity contribution >= 4 is 5.91 Å². The zero-order valence-corrected chi connectivity index (χ0v) is 14.1. The number of furan rings is 1. The number of amides is 1. The number of hydrogen-bond donors (Lipinski definition) is 1. The topological polar surface area (TPSA) is 67.6 Å². The first kappa shape index (κ1) is 16.3. The molecule has 1 amide bonds. The average molecular weight is 341 g/mol. The van der Waals surface area contributed by atoms with Crippen molar-refractivity contribution in [2.24, 2.45) is 11.8 Å². The fourth-order valence-electron chi connectivity index (χ4n) is 3.93. The molecule has 6 heteroatoms. The molecule has 2 aliphatic heterocycles. The van der Waals surface area contributed by atoms with Crippen LogP contribution in [0.2, 0.25) is 0 Å². The van der Waals surface area contributed by atoms with Gasteiger partial charge in [-0.15, -0.1) is 0 Å². The zero-order chi connectivity index (χ0) is 17.1. The van der Waals surface area contributed by atoms with Crippen molar-refractivity contribution in [3.63, 3.8) is 0 Å². The number of aromatic nitrogens is 1. The van der Waals surface area contributed by atoms with Crippen molar-refractivity contribution in [2.45, 2.75) is 25.6 Å². The Balaban J connectivity index is 1.41. The molecule has 2 aliphatic rings. The molecule has 4 rings (SSSR count). The van der Waals surface area contributed by atoms with Crippen molar-refractivity contribution in [3.8, 4) is 0 Å². The van der Waals surface area contributed by atoms with E-state index >= 15 is 0 Å². The van der Waals surface area contributed by atoms with Gasteiger partial charge in [0.25, 0.3) is 0 Å². The summed E-state index contributed by atoms with van der Waals surface area (Å²) >= 11 is 0. The van der Waals surface area contributed by atoms with Gasteiger partial charge in [0.05, 0.1) is 24.5 Å². The first-order valence-electron chi connectivity index (χ1n) is 8.81. The minimum Gasteiger partial charge on any atom is -0.472 e. The summed E-state index contributed by atoms with van der Waals surface area (Å²) in [5, 5.41) is 3.08. The van der Waals surface area contributed by atoms with Crippen LogP contribution in [0.1, 0.15) is 17.5 Å². The van der Waals surface area contributed by atoms with Crippen LogP contribution in [0.3, 0.4) is 0 Å². The molecule has 0 radical (unpaired) electrons. The highest BCUT2D eigenvalue weighted by atomic mass is 16.5. The van der Waals surface area contributed by atoms with Gasteiger partial charge >= 0.3 is 0 Å².